The van der Waals surface area contributed by atoms with Crippen LogP contribution in [0.25, 0.3) is 0 Å². The first-order chi connectivity index (χ1) is 12.9. The van der Waals surface area contributed by atoms with Gasteiger partial charge in [0.25, 0.3) is 11.4 Å². The largest absolute Gasteiger partial charge is 0.454 e. The fourth-order valence-electron chi connectivity index (χ4n) is 2.44. The van der Waals surface area contributed by atoms with Crippen molar-refractivity contribution in [2.45, 2.75) is 12.4 Å². The van der Waals surface area contributed by atoms with Crippen LogP contribution in [0.15, 0.2) is 48.5 Å². The van der Waals surface area contributed by atoms with E-state index in [4.69, 9.17) is 14.2 Å². The van der Waals surface area contributed by atoms with Crippen LogP contribution >= 0.6 is 0 Å². The Balaban J connectivity index is 1.53. The number of ether oxygens (including phenoxy) is 3. The summed E-state index contributed by atoms with van der Waals surface area (Å²) in [4.78, 5) is 32.3. The van der Waals surface area contributed by atoms with Gasteiger partial charge in [-0.25, -0.2) is 4.79 Å². The zero-order valence-electron chi connectivity index (χ0n) is 13.8. The summed E-state index contributed by atoms with van der Waals surface area (Å²) in [6, 6.07) is 10.8. The Hall–Kier alpha value is -3.37. The molecule has 2 aromatic carbocycles. The number of esters is 1. The van der Waals surface area contributed by atoms with Crippen LogP contribution in [-0.4, -0.2) is 35.1 Å². The number of nitrogens with zero attached hydrogens (tertiary/aromatic N) is 2. The molecule has 0 radical (unpaired) electrons. The molecule has 0 amide bonds. The van der Waals surface area contributed by atoms with Crippen molar-refractivity contribution in [3.8, 4) is 0 Å². The monoisotopic (exact) mass is 374 g/mol. The lowest BCUT2D eigenvalue weighted by Gasteiger charge is -2.29. The molecule has 140 valence electrons. The Labute approximate surface area is 152 Å². The number of nitro benzene ring substituents is 2. The molecule has 1 aliphatic heterocycles. The zero-order chi connectivity index (χ0) is 19.4. The van der Waals surface area contributed by atoms with Gasteiger partial charge in [-0.1, -0.05) is 0 Å². The Morgan fingerprint density at radius 1 is 0.889 bits per heavy atom. The Bertz CT molecular complexity index is 842. The first-order valence-electron chi connectivity index (χ1n) is 7.87. The minimum atomic E-state index is -0.708. The second-order valence-electron chi connectivity index (χ2n) is 5.68. The maximum atomic E-state index is 12.1. The molecule has 10 heteroatoms. The van der Waals surface area contributed by atoms with E-state index in [1.165, 1.54) is 48.5 Å². The van der Waals surface area contributed by atoms with Gasteiger partial charge < -0.3 is 14.2 Å². The van der Waals surface area contributed by atoms with Crippen molar-refractivity contribution < 1.29 is 28.9 Å². The third-order valence-electron chi connectivity index (χ3n) is 3.83. The van der Waals surface area contributed by atoms with Gasteiger partial charge in [-0.3, -0.25) is 20.2 Å². The molecule has 0 saturated carbocycles. The smallest absolute Gasteiger partial charge is 0.338 e. The number of hydrogen-bond donors (Lipinski definition) is 0. The van der Waals surface area contributed by atoms with Gasteiger partial charge in [0.1, 0.15) is 6.10 Å². The molecule has 0 unspecified atom stereocenters. The summed E-state index contributed by atoms with van der Waals surface area (Å²) in [6.07, 6.45) is -1.35. The Morgan fingerprint density at radius 3 is 1.85 bits per heavy atom. The van der Waals surface area contributed by atoms with Crippen molar-refractivity contribution in [1.29, 1.82) is 0 Å². The fourth-order valence-corrected chi connectivity index (χ4v) is 2.44. The van der Waals surface area contributed by atoms with E-state index >= 15 is 0 Å². The highest BCUT2D eigenvalue weighted by Crippen LogP contribution is 2.26. The second kappa shape index (κ2) is 7.89. The van der Waals surface area contributed by atoms with Crippen LogP contribution in [0.2, 0.25) is 0 Å². The third-order valence-corrected chi connectivity index (χ3v) is 3.83. The summed E-state index contributed by atoms with van der Waals surface area (Å²) in [5.74, 6) is -0.643. The van der Waals surface area contributed by atoms with Crippen molar-refractivity contribution in [3.63, 3.8) is 0 Å². The summed E-state index contributed by atoms with van der Waals surface area (Å²) in [5.41, 5.74) is 0.630. The predicted molar refractivity (Wildman–Crippen MR) is 90.0 cm³/mol. The lowest BCUT2D eigenvalue weighted by Crippen LogP contribution is -2.35. The second-order valence-corrected chi connectivity index (χ2v) is 5.68. The van der Waals surface area contributed by atoms with Crippen molar-refractivity contribution in [2.24, 2.45) is 0 Å². The fraction of sp³-hybridized carbons (Fsp3) is 0.235. The van der Waals surface area contributed by atoms with Crippen molar-refractivity contribution in [1.82, 2.24) is 0 Å². The van der Waals surface area contributed by atoms with Crippen molar-refractivity contribution in [2.75, 3.05) is 13.2 Å². The quantitative estimate of drug-likeness (QED) is 0.443. The zero-order valence-corrected chi connectivity index (χ0v) is 13.8. The molecule has 0 spiro atoms. The van der Waals surface area contributed by atoms with E-state index in [1.807, 2.05) is 0 Å². The minimum Gasteiger partial charge on any atom is -0.454 e. The van der Waals surface area contributed by atoms with Gasteiger partial charge in [-0.15, -0.1) is 0 Å². The van der Waals surface area contributed by atoms with Crippen LogP contribution in [0.3, 0.4) is 0 Å². The van der Waals surface area contributed by atoms with E-state index < -0.39 is 28.2 Å². The number of carbonyl (C=O) groups is 1. The summed E-state index contributed by atoms with van der Waals surface area (Å²) < 4.78 is 16.3. The molecule has 0 aliphatic carbocycles. The van der Waals surface area contributed by atoms with Crippen molar-refractivity contribution in [3.05, 3.63) is 79.9 Å². The molecular weight excluding hydrogens is 360 g/mol. The summed E-state index contributed by atoms with van der Waals surface area (Å²) in [5, 5.41) is 21.3. The minimum absolute atomic E-state index is 0.0375. The molecule has 1 fully saturated rings. The molecule has 1 aliphatic rings. The number of rotatable bonds is 5. The third kappa shape index (κ3) is 4.43. The lowest BCUT2D eigenvalue weighted by atomic mass is 10.2. The maximum Gasteiger partial charge on any atom is 0.338 e. The highest BCUT2D eigenvalue weighted by atomic mass is 16.7. The molecule has 10 nitrogen and oxygen atoms in total. The molecule has 0 atom stereocenters. The average Bonchev–Trinajstić information content (AvgIpc) is 2.68. The van der Waals surface area contributed by atoms with Gasteiger partial charge >= 0.3 is 5.97 Å². The molecule has 0 N–H and O–H groups in total. The topological polar surface area (TPSA) is 131 Å². The van der Waals surface area contributed by atoms with Crippen LogP contribution in [0.4, 0.5) is 11.4 Å². The molecule has 3 rings (SSSR count). The first-order valence-corrected chi connectivity index (χ1v) is 7.87. The van der Waals surface area contributed by atoms with Crippen LogP contribution in [-0.2, 0) is 14.2 Å². The normalized spacial score (nSPS) is 19.3. The molecule has 0 bridgehead atoms. The standard InChI is InChI=1S/C17H14N2O8/c20-16(11-1-5-13(6-2-11)18(21)22)27-15-9-25-17(26-10-15)12-3-7-14(8-4-12)19(23)24/h1-8,15,17H,9-10H2. The van der Waals surface area contributed by atoms with Gasteiger partial charge in [0.2, 0.25) is 0 Å². The lowest BCUT2D eigenvalue weighted by molar-refractivity contribution is -0.385. The first kappa shape index (κ1) is 18.4. The summed E-state index contributed by atoms with van der Waals surface area (Å²) in [6.45, 7) is 0.167. The van der Waals surface area contributed by atoms with E-state index in [0.717, 1.165) is 0 Å². The van der Waals surface area contributed by atoms with Crippen molar-refractivity contribution >= 4 is 17.3 Å². The Morgan fingerprint density at radius 2 is 1.37 bits per heavy atom. The highest BCUT2D eigenvalue weighted by Gasteiger charge is 2.27. The van der Waals surface area contributed by atoms with E-state index in [9.17, 15) is 25.0 Å². The van der Waals surface area contributed by atoms with Crippen LogP contribution in [0.5, 0.6) is 0 Å². The molecule has 2 aromatic rings. The van der Waals surface area contributed by atoms with Gasteiger partial charge in [-0.05, 0) is 24.3 Å². The van der Waals surface area contributed by atoms with Gasteiger partial charge in [0.15, 0.2) is 6.29 Å². The molecule has 27 heavy (non-hydrogen) atoms. The highest BCUT2D eigenvalue weighted by molar-refractivity contribution is 5.89. The maximum absolute atomic E-state index is 12.1. The molecule has 1 saturated heterocycles. The van der Waals surface area contributed by atoms with E-state index in [2.05, 4.69) is 0 Å². The van der Waals surface area contributed by atoms with Gasteiger partial charge in [0, 0.05) is 29.8 Å². The molecular formula is C17H14N2O8. The SMILES string of the molecule is O=C(OC1COC(c2ccc([N+](=O)[O-])cc2)OC1)c1ccc([N+](=O)[O-])cc1. The average molecular weight is 374 g/mol. The number of hydrogen-bond acceptors (Lipinski definition) is 8. The summed E-state index contributed by atoms with van der Waals surface area (Å²) >= 11 is 0. The van der Waals surface area contributed by atoms with Gasteiger partial charge in [-0.2, -0.15) is 0 Å². The van der Waals surface area contributed by atoms with Crippen LogP contribution in [0, 0.1) is 20.2 Å². The number of non-ortho nitro benzene ring substituents is 2. The number of carbonyl (C=O) groups excluding carboxylic acids is 1. The molecule has 0 aromatic heterocycles. The van der Waals surface area contributed by atoms with E-state index in [-0.39, 0.29) is 30.2 Å². The van der Waals surface area contributed by atoms with E-state index in [1.54, 1.807) is 0 Å². The number of nitro groups is 2. The van der Waals surface area contributed by atoms with Crippen LogP contribution < -0.4 is 0 Å². The number of benzene rings is 2. The summed E-state index contributed by atoms with van der Waals surface area (Å²) in [7, 11) is 0. The van der Waals surface area contributed by atoms with Gasteiger partial charge in [0.05, 0.1) is 28.6 Å². The van der Waals surface area contributed by atoms with E-state index in [0.29, 0.717) is 5.56 Å². The molecule has 1 heterocycles. The Kier molecular flexibility index (Phi) is 5.38. The predicted octanol–water partition coefficient (Wildman–Crippen LogP) is 2.77. The van der Waals surface area contributed by atoms with Crippen LogP contribution in [0.1, 0.15) is 22.2 Å².